The average molecular weight is 406 g/mol. The molecule has 0 bridgehead atoms. The van der Waals surface area contributed by atoms with Gasteiger partial charge in [0, 0.05) is 29.6 Å². The summed E-state index contributed by atoms with van der Waals surface area (Å²) in [6.07, 6.45) is 10.8. The van der Waals surface area contributed by atoms with E-state index in [0.717, 1.165) is 21.7 Å². The van der Waals surface area contributed by atoms with E-state index in [2.05, 4.69) is 52.6 Å². The summed E-state index contributed by atoms with van der Waals surface area (Å²) < 4.78 is 6.23. The summed E-state index contributed by atoms with van der Waals surface area (Å²) >= 11 is 1.45. The monoisotopic (exact) mass is 405 g/mol. The second-order valence-electron chi connectivity index (χ2n) is 7.46. The Balaban J connectivity index is 1.40. The predicted molar refractivity (Wildman–Crippen MR) is 118 cm³/mol. The van der Waals surface area contributed by atoms with Crippen LogP contribution in [0.5, 0.6) is 5.75 Å². The van der Waals surface area contributed by atoms with Crippen LogP contribution in [0.4, 0.5) is 5.13 Å². The molecule has 0 spiro atoms. The number of pyridine rings is 1. The van der Waals surface area contributed by atoms with Gasteiger partial charge in [0.2, 0.25) is 5.91 Å². The molecule has 0 saturated heterocycles. The molecular formula is C23H23N3O2S. The van der Waals surface area contributed by atoms with Crippen LogP contribution in [-0.2, 0) is 10.2 Å². The second-order valence-corrected chi connectivity index (χ2v) is 8.49. The van der Waals surface area contributed by atoms with Gasteiger partial charge in [-0.25, -0.2) is 4.98 Å². The summed E-state index contributed by atoms with van der Waals surface area (Å²) in [5, 5.41) is 3.54. The Bertz CT molecular complexity index is 1100. The molecule has 2 aromatic heterocycles. The summed E-state index contributed by atoms with van der Waals surface area (Å²) in [6.45, 7) is 4.16. The molecule has 5 nitrogen and oxygen atoms in total. The number of methoxy groups -OCH3 is 1. The number of hydrogen-bond acceptors (Lipinski definition) is 5. The van der Waals surface area contributed by atoms with Crippen LogP contribution in [0.15, 0.2) is 60.8 Å². The van der Waals surface area contributed by atoms with Crippen molar-refractivity contribution < 1.29 is 9.53 Å². The Morgan fingerprint density at radius 1 is 1.24 bits per heavy atom. The topological polar surface area (TPSA) is 64.1 Å². The number of amides is 1. The Hall–Kier alpha value is -2.99. The van der Waals surface area contributed by atoms with Gasteiger partial charge in [0.25, 0.3) is 0 Å². The number of carbonyl (C=O) groups is 1. The number of benzene rings is 1. The van der Waals surface area contributed by atoms with Crippen molar-refractivity contribution in [3.05, 3.63) is 72.1 Å². The molecule has 1 aliphatic rings. The minimum atomic E-state index is -0.174. The van der Waals surface area contributed by atoms with E-state index in [1.54, 1.807) is 7.11 Å². The van der Waals surface area contributed by atoms with Crippen LogP contribution in [0, 0.1) is 12.8 Å². The molecule has 29 heavy (non-hydrogen) atoms. The van der Waals surface area contributed by atoms with E-state index in [4.69, 9.17) is 4.74 Å². The van der Waals surface area contributed by atoms with E-state index in [1.807, 2.05) is 37.4 Å². The zero-order chi connectivity index (χ0) is 20.4. The summed E-state index contributed by atoms with van der Waals surface area (Å²) in [7, 11) is 1.64. The maximum Gasteiger partial charge on any atom is 0.227 e. The molecule has 1 aliphatic carbocycles. The third-order valence-corrected chi connectivity index (χ3v) is 6.09. The van der Waals surface area contributed by atoms with Crippen molar-refractivity contribution in [3.63, 3.8) is 0 Å². The summed E-state index contributed by atoms with van der Waals surface area (Å²) in [5.41, 5.74) is 2.88. The first-order chi connectivity index (χ1) is 13.9. The quantitative estimate of drug-likeness (QED) is 0.604. The SMILES string of the molecule is COc1ccc2nc(NC(=O)CC3C=CC(C)(c4ccnc(C)c4)C=C3)sc2c1. The zero-order valence-corrected chi connectivity index (χ0v) is 17.5. The molecule has 4 rings (SSSR count). The largest absolute Gasteiger partial charge is 0.497 e. The van der Waals surface area contributed by atoms with Crippen LogP contribution >= 0.6 is 11.3 Å². The molecule has 148 valence electrons. The van der Waals surface area contributed by atoms with Crippen molar-refractivity contribution in [1.29, 1.82) is 0 Å². The highest BCUT2D eigenvalue weighted by Gasteiger charge is 2.25. The lowest BCUT2D eigenvalue weighted by molar-refractivity contribution is -0.116. The standard InChI is InChI=1S/C23H23N3O2S/c1-15-12-17(8-11-24-15)23(2)9-6-16(7-10-23)13-21(27)26-22-25-19-5-4-18(28-3)14-20(19)29-22/h4-12,14,16H,13H2,1-3H3,(H,25,26,27). The lowest BCUT2D eigenvalue weighted by atomic mass is 9.77. The normalized spacial score (nSPS) is 20.7. The number of nitrogens with zero attached hydrogens (tertiary/aromatic N) is 2. The number of rotatable bonds is 5. The molecular weight excluding hydrogens is 382 g/mol. The molecule has 0 saturated carbocycles. The van der Waals surface area contributed by atoms with Crippen LogP contribution in [0.1, 0.15) is 24.6 Å². The van der Waals surface area contributed by atoms with Gasteiger partial charge in [-0.1, -0.05) is 35.6 Å². The fourth-order valence-corrected chi connectivity index (χ4v) is 4.36. The molecule has 1 amide bonds. The third-order valence-electron chi connectivity index (χ3n) is 5.16. The average Bonchev–Trinajstić information content (AvgIpc) is 3.11. The summed E-state index contributed by atoms with van der Waals surface area (Å²) in [4.78, 5) is 21.3. The van der Waals surface area contributed by atoms with Crippen molar-refractivity contribution in [2.75, 3.05) is 12.4 Å². The molecule has 0 radical (unpaired) electrons. The lowest BCUT2D eigenvalue weighted by Gasteiger charge is -2.27. The second kappa shape index (κ2) is 7.79. The van der Waals surface area contributed by atoms with E-state index < -0.39 is 0 Å². The van der Waals surface area contributed by atoms with Gasteiger partial charge in [0.05, 0.1) is 17.3 Å². The van der Waals surface area contributed by atoms with E-state index in [1.165, 1.54) is 16.9 Å². The minimum absolute atomic E-state index is 0.0429. The molecule has 0 atom stereocenters. The maximum absolute atomic E-state index is 12.5. The van der Waals surface area contributed by atoms with Gasteiger partial charge in [-0.3, -0.25) is 9.78 Å². The Morgan fingerprint density at radius 2 is 2.03 bits per heavy atom. The van der Waals surface area contributed by atoms with Crippen LogP contribution in [0.2, 0.25) is 0 Å². The molecule has 2 heterocycles. The van der Waals surface area contributed by atoms with Crippen molar-refractivity contribution in [2.24, 2.45) is 5.92 Å². The van der Waals surface area contributed by atoms with Gasteiger partial charge in [-0.15, -0.1) is 0 Å². The predicted octanol–water partition coefficient (Wildman–Crippen LogP) is 5.04. The number of hydrogen-bond donors (Lipinski definition) is 1. The summed E-state index contributed by atoms with van der Waals surface area (Å²) in [5.74, 6) is 0.808. The van der Waals surface area contributed by atoms with Gasteiger partial charge >= 0.3 is 0 Å². The number of aryl methyl sites for hydroxylation is 1. The van der Waals surface area contributed by atoms with E-state index in [9.17, 15) is 4.79 Å². The van der Waals surface area contributed by atoms with Crippen LogP contribution in [0.25, 0.3) is 10.2 Å². The molecule has 1 N–H and O–H groups in total. The number of aromatic nitrogens is 2. The molecule has 1 aromatic carbocycles. The fourth-order valence-electron chi connectivity index (χ4n) is 3.45. The first-order valence-corrected chi connectivity index (χ1v) is 10.3. The molecule has 0 unspecified atom stereocenters. The molecule has 6 heteroatoms. The third kappa shape index (κ3) is 4.22. The summed E-state index contributed by atoms with van der Waals surface area (Å²) in [6, 6.07) is 9.83. The van der Waals surface area contributed by atoms with Gasteiger partial charge in [-0.05, 0) is 49.7 Å². The Morgan fingerprint density at radius 3 is 2.76 bits per heavy atom. The van der Waals surface area contributed by atoms with Crippen molar-refractivity contribution >= 4 is 32.6 Å². The van der Waals surface area contributed by atoms with E-state index >= 15 is 0 Å². The van der Waals surface area contributed by atoms with Crippen molar-refractivity contribution in [2.45, 2.75) is 25.7 Å². The van der Waals surface area contributed by atoms with Crippen molar-refractivity contribution in [3.8, 4) is 5.75 Å². The Kier molecular flexibility index (Phi) is 5.20. The van der Waals surface area contributed by atoms with E-state index in [0.29, 0.717) is 11.6 Å². The first-order valence-electron chi connectivity index (χ1n) is 9.51. The lowest BCUT2D eigenvalue weighted by Crippen LogP contribution is -2.22. The van der Waals surface area contributed by atoms with Crippen LogP contribution in [-0.4, -0.2) is 23.0 Å². The highest BCUT2D eigenvalue weighted by molar-refractivity contribution is 7.22. The highest BCUT2D eigenvalue weighted by atomic mass is 32.1. The maximum atomic E-state index is 12.5. The van der Waals surface area contributed by atoms with E-state index in [-0.39, 0.29) is 17.2 Å². The number of thiazole rings is 1. The van der Waals surface area contributed by atoms with Gasteiger partial charge in [-0.2, -0.15) is 0 Å². The number of anilines is 1. The smallest absolute Gasteiger partial charge is 0.227 e. The molecule has 0 aliphatic heterocycles. The van der Waals surface area contributed by atoms with Gasteiger partial charge in [0.1, 0.15) is 5.75 Å². The van der Waals surface area contributed by atoms with Gasteiger partial charge in [0.15, 0.2) is 5.13 Å². The number of allylic oxidation sites excluding steroid dienone is 4. The van der Waals surface area contributed by atoms with Crippen molar-refractivity contribution in [1.82, 2.24) is 9.97 Å². The van der Waals surface area contributed by atoms with Crippen LogP contribution in [0.3, 0.4) is 0 Å². The zero-order valence-electron chi connectivity index (χ0n) is 16.7. The number of nitrogens with one attached hydrogen (secondary N) is 1. The number of fused-ring (bicyclic) bond motifs is 1. The number of ether oxygens (including phenoxy) is 1. The molecule has 3 aromatic rings. The minimum Gasteiger partial charge on any atom is -0.497 e. The molecule has 0 fully saturated rings. The fraction of sp³-hybridized carbons (Fsp3) is 0.261. The highest BCUT2D eigenvalue weighted by Crippen LogP contribution is 2.33. The van der Waals surface area contributed by atoms with Gasteiger partial charge < -0.3 is 10.1 Å². The first kappa shape index (κ1) is 19.3. The van der Waals surface area contributed by atoms with Crippen LogP contribution < -0.4 is 10.1 Å². The Labute approximate surface area is 174 Å². The number of carbonyl (C=O) groups excluding carboxylic acids is 1.